The van der Waals surface area contributed by atoms with Crippen LogP contribution in [0.3, 0.4) is 0 Å². The highest BCUT2D eigenvalue weighted by atomic mass is 16.3. The zero-order valence-corrected chi connectivity index (χ0v) is 11.4. The van der Waals surface area contributed by atoms with E-state index in [1.54, 1.807) is 12.1 Å². The third kappa shape index (κ3) is 4.04. The van der Waals surface area contributed by atoms with E-state index in [-0.39, 0.29) is 0 Å². The maximum Gasteiger partial charge on any atom is 0.248 e. The molecule has 4 nitrogen and oxygen atoms in total. The lowest BCUT2D eigenvalue weighted by atomic mass is 9.98. The van der Waals surface area contributed by atoms with Gasteiger partial charge in [0.15, 0.2) is 0 Å². The van der Waals surface area contributed by atoms with E-state index < -0.39 is 11.5 Å². The van der Waals surface area contributed by atoms with Gasteiger partial charge in [-0.15, -0.1) is 0 Å². The van der Waals surface area contributed by atoms with Gasteiger partial charge in [-0.1, -0.05) is 12.1 Å². The topological polar surface area (TPSA) is 66.6 Å². The van der Waals surface area contributed by atoms with Crippen molar-refractivity contribution >= 4 is 5.91 Å². The number of hydrogen-bond donors (Lipinski definition) is 2. The van der Waals surface area contributed by atoms with Gasteiger partial charge >= 0.3 is 0 Å². The molecule has 0 aromatic heterocycles. The largest absolute Gasteiger partial charge is 0.390 e. The van der Waals surface area contributed by atoms with E-state index in [4.69, 9.17) is 5.73 Å². The van der Waals surface area contributed by atoms with Crippen LogP contribution in [0.15, 0.2) is 24.3 Å². The minimum atomic E-state index is -0.523. The fourth-order valence-corrected chi connectivity index (χ4v) is 2.51. The lowest BCUT2D eigenvalue weighted by Crippen LogP contribution is -2.28. The summed E-state index contributed by atoms with van der Waals surface area (Å²) < 4.78 is 0. The second-order valence-corrected chi connectivity index (χ2v) is 5.69. The van der Waals surface area contributed by atoms with E-state index in [2.05, 4.69) is 4.90 Å². The molecule has 2 rings (SSSR count). The molecule has 19 heavy (non-hydrogen) atoms. The first-order chi connectivity index (χ1) is 8.96. The fourth-order valence-electron chi connectivity index (χ4n) is 2.51. The normalized spacial score (nSPS) is 24.9. The molecule has 1 fully saturated rings. The highest BCUT2D eigenvalue weighted by molar-refractivity contribution is 5.92. The molecular weight excluding hydrogens is 240 g/mol. The van der Waals surface area contributed by atoms with Crippen LogP contribution in [0.4, 0.5) is 0 Å². The summed E-state index contributed by atoms with van der Waals surface area (Å²) in [7, 11) is 0. The van der Waals surface area contributed by atoms with Crippen LogP contribution in [0, 0.1) is 0 Å². The van der Waals surface area contributed by atoms with Crippen molar-refractivity contribution in [3.8, 4) is 0 Å². The van der Waals surface area contributed by atoms with Gasteiger partial charge in [0.2, 0.25) is 5.91 Å². The van der Waals surface area contributed by atoms with E-state index in [0.29, 0.717) is 5.56 Å². The van der Waals surface area contributed by atoms with Crippen LogP contribution in [0.5, 0.6) is 0 Å². The third-order valence-corrected chi connectivity index (χ3v) is 3.80. The van der Waals surface area contributed by atoms with Crippen LogP contribution in [0.25, 0.3) is 0 Å². The third-order valence-electron chi connectivity index (χ3n) is 3.80. The molecule has 0 bridgehead atoms. The fraction of sp³-hybridized carbons (Fsp3) is 0.533. The molecule has 1 heterocycles. The summed E-state index contributed by atoms with van der Waals surface area (Å²) in [4.78, 5) is 13.4. The van der Waals surface area contributed by atoms with Crippen molar-refractivity contribution in [2.75, 3.05) is 13.1 Å². The molecule has 4 heteroatoms. The monoisotopic (exact) mass is 262 g/mol. The first kappa shape index (κ1) is 14.0. The molecule has 0 aliphatic carbocycles. The van der Waals surface area contributed by atoms with E-state index in [0.717, 1.165) is 38.9 Å². The number of hydrogen-bond acceptors (Lipinski definition) is 3. The minimum Gasteiger partial charge on any atom is -0.390 e. The highest BCUT2D eigenvalue weighted by Gasteiger charge is 2.24. The summed E-state index contributed by atoms with van der Waals surface area (Å²) in [5.41, 5.74) is 6.41. The Morgan fingerprint density at radius 3 is 2.63 bits per heavy atom. The lowest BCUT2D eigenvalue weighted by molar-refractivity contribution is 0.0444. The van der Waals surface area contributed by atoms with Crippen LogP contribution in [-0.4, -0.2) is 34.6 Å². The Hall–Kier alpha value is -1.39. The molecule has 0 saturated carbocycles. The Balaban J connectivity index is 1.95. The summed E-state index contributed by atoms with van der Waals surface area (Å²) in [5.74, 6) is -0.391. The van der Waals surface area contributed by atoms with E-state index in [9.17, 15) is 9.90 Å². The Morgan fingerprint density at radius 2 is 2.00 bits per heavy atom. The molecule has 1 amide bonds. The zero-order chi connectivity index (χ0) is 13.9. The number of aliphatic hydroxyl groups is 1. The molecule has 1 aromatic carbocycles. The standard InChI is InChI=1S/C15H22N2O2/c1-15(19)7-2-9-17(10-8-15)11-12-3-5-13(6-4-12)14(16)18/h3-6,19H,2,7-11H2,1H3,(H2,16,18). The molecule has 0 spiro atoms. The van der Waals surface area contributed by atoms with Gasteiger partial charge in [0, 0.05) is 18.7 Å². The van der Waals surface area contributed by atoms with Crippen LogP contribution in [0.1, 0.15) is 42.1 Å². The predicted molar refractivity (Wildman–Crippen MR) is 74.7 cm³/mol. The number of carbonyl (C=O) groups excluding carboxylic acids is 1. The average Bonchev–Trinajstić information content (AvgIpc) is 2.52. The first-order valence-corrected chi connectivity index (χ1v) is 6.80. The van der Waals surface area contributed by atoms with Gasteiger partial charge in [-0.05, 0) is 50.4 Å². The molecule has 1 saturated heterocycles. The van der Waals surface area contributed by atoms with Crippen LogP contribution < -0.4 is 5.73 Å². The summed E-state index contributed by atoms with van der Waals surface area (Å²) in [6.45, 7) is 4.69. The average molecular weight is 262 g/mol. The summed E-state index contributed by atoms with van der Waals surface area (Å²) in [5, 5.41) is 10.1. The van der Waals surface area contributed by atoms with Gasteiger partial charge in [-0.3, -0.25) is 9.69 Å². The predicted octanol–water partition coefficient (Wildman–Crippen LogP) is 1.52. The van der Waals surface area contributed by atoms with Crippen molar-refractivity contribution in [2.24, 2.45) is 5.73 Å². The molecule has 1 aliphatic rings. The van der Waals surface area contributed by atoms with Gasteiger partial charge in [-0.2, -0.15) is 0 Å². The van der Waals surface area contributed by atoms with E-state index in [1.807, 2.05) is 19.1 Å². The summed E-state index contributed by atoms with van der Waals surface area (Å²) in [6, 6.07) is 7.43. The Morgan fingerprint density at radius 1 is 1.32 bits per heavy atom. The number of primary amides is 1. The molecule has 1 atom stereocenters. The smallest absolute Gasteiger partial charge is 0.248 e. The maximum absolute atomic E-state index is 11.0. The number of carbonyl (C=O) groups is 1. The number of nitrogens with zero attached hydrogens (tertiary/aromatic N) is 1. The second-order valence-electron chi connectivity index (χ2n) is 5.69. The first-order valence-electron chi connectivity index (χ1n) is 6.80. The molecule has 1 aromatic rings. The second kappa shape index (κ2) is 5.72. The van der Waals surface area contributed by atoms with Crippen LogP contribution >= 0.6 is 0 Å². The van der Waals surface area contributed by atoms with Gasteiger partial charge in [-0.25, -0.2) is 0 Å². The van der Waals surface area contributed by atoms with Crippen molar-refractivity contribution in [3.05, 3.63) is 35.4 Å². The molecular formula is C15H22N2O2. The molecule has 1 aliphatic heterocycles. The zero-order valence-electron chi connectivity index (χ0n) is 11.4. The van der Waals surface area contributed by atoms with Crippen LogP contribution in [0.2, 0.25) is 0 Å². The van der Waals surface area contributed by atoms with Crippen molar-refractivity contribution in [2.45, 2.75) is 38.3 Å². The number of rotatable bonds is 3. The molecule has 3 N–H and O–H groups in total. The molecule has 1 unspecified atom stereocenters. The van der Waals surface area contributed by atoms with Crippen molar-refractivity contribution in [3.63, 3.8) is 0 Å². The number of amides is 1. The van der Waals surface area contributed by atoms with E-state index in [1.165, 1.54) is 5.56 Å². The van der Waals surface area contributed by atoms with Crippen LogP contribution in [-0.2, 0) is 6.54 Å². The SMILES string of the molecule is CC1(O)CCCN(Cc2ccc(C(N)=O)cc2)CC1. The summed E-state index contributed by atoms with van der Waals surface area (Å²) >= 11 is 0. The number of nitrogens with two attached hydrogens (primary N) is 1. The Labute approximate surface area is 114 Å². The Kier molecular flexibility index (Phi) is 4.22. The quantitative estimate of drug-likeness (QED) is 0.868. The summed E-state index contributed by atoms with van der Waals surface area (Å²) in [6.07, 6.45) is 2.70. The Bertz CT molecular complexity index is 440. The van der Waals surface area contributed by atoms with Gasteiger partial charge in [0.05, 0.1) is 5.60 Å². The minimum absolute atomic E-state index is 0.391. The number of likely N-dealkylation sites (tertiary alicyclic amines) is 1. The highest BCUT2D eigenvalue weighted by Crippen LogP contribution is 2.22. The van der Waals surface area contributed by atoms with Gasteiger partial charge in [0.1, 0.15) is 0 Å². The molecule has 0 radical (unpaired) electrons. The van der Waals surface area contributed by atoms with Gasteiger partial charge in [0.25, 0.3) is 0 Å². The van der Waals surface area contributed by atoms with Crippen molar-refractivity contribution in [1.29, 1.82) is 0 Å². The van der Waals surface area contributed by atoms with Gasteiger partial charge < -0.3 is 10.8 Å². The van der Waals surface area contributed by atoms with E-state index >= 15 is 0 Å². The number of benzene rings is 1. The van der Waals surface area contributed by atoms with Crippen molar-refractivity contribution in [1.82, 2.24) is 4.90 Å². The van der Waals surface area contributed by atoms with Crippen molar-refractivity contribution < 1.29 is 9.90 Å². The molecule has 104 valence electrons. The lowest BCUT2D eigenvalue weighted by Gasteiger charge is -2.22. The maximum atomic E-state index is 11.0.